The second-order valence-electron chi connectivity index (χ2n) is 6.10. The molecule has 2 aromatic carbocycles. The summed E-state index contributed by atoms with van der Waals surface area (Å²) in [4.78, 5) is 2.60. The number of benzene rings is 2. The smallest absolute Gasteiger partial charge is 0.0952 e. The fraction of sp³-hybridized carbons (Fsp3) is 0.368. The molecule has 108 valence electrons. The molecule has 0 N–H and O–H groups in total. The number of morpholine rings is 1. The molecule has 4 rings (SSSR count). The maximum Gasteiger partial charge on any atom is 0.0952 e. The van der Waals surface area contributed by atoms with Crippen LogP contribution in [0.25, 0.3) is 11.1 Å². The maximum atomic E-state index is 6.08. The molecule has 0 saturated carbocycles. The molecule has 2 aliphatic heterocycles. The summed E-state index contributed by atoms with van der Waals surface area (Å²) in [6, 6.07) is 20.1. The van der Waals surface area contributed by atoms with Gasteiger partial charge in [-0.15, -0.1) is 0 Å². The molecule has 2 nitrogen and oxygen atoms in total. The highest BCUT2D eigenvalue weighted by atomic mass is 16.5. The molecule has 21 heavy (non-hydrogen) atoms. The molecule has 2 atom stereocenters. The van der Waals surface area contributed by atoms with Gasteiger partial charge >= 0.3 is 0 Å². The molecular weight excluding hydrogens is 258 g/mol. The quantitative estimate of drug-likeness (QED) is 0.827. The summed E-state index contributed by atoms with van der Waals surface area (Å²) in [5.41, 5.74) is 3.85. The SMILES string of the molecule is c1ccc(-c2ccc(C3CN4CCCC4CO3)cc2)cc1. The van der Waals surface area contributed by atoms with Gasteiger partial charge in [0.2, 0.25) is 0 Å². The lowest BCUT2D eigenvalue weighted by molar-refractivity contribution is -0.0501. The fourth-order valence-electron chi connectivity index (χ4n) is 3.54. The Labute approximate surface area is 126 Å². The largest absolute Gasteiger partial charge is 0.371 e. The second-order valence-corrected chi connectivity index (χ2v) is 6.10. The minimum atomic E-state index is 0.240. The van der Waals surface area contributed by atoms with E-state index in [9.17, 15) is 0 Å². The predicted molar refractivity (Wildman–Crippen MR) is 85.2 cm³/mol. The van der Waals surface area contributed by atoms with Crippen LogP contribution >= 0.6 is 0 Å². The van der Waals surface area contributed by atoms with E-state index in [1.54, 1.807) is 0 Å². The van der Waals surface area contributed by atoms with Crippen LogP contribution < -0.4 is 0 Å². The van der Waals surface area contributed by atoms with Crippen molar-refractivity contribution >= 4 is 0 Å². The topological polar surface area (TPSA) is 12.5 Å². The van der Waals surface area contributed by atoms with E-state index < -0.39 is 0 Å². The number of fused-ring (bicyclic) bond motifs is 1. The number of rotatable bonds is 2. The summed E-state index contributed by atoms with van der Waals surface area (Å²) in [5.74, 6) is 0. The number of hydrogen-bond acceptors (Lipinski definition) is 2. The third-order valence-corrected chi connectivity index (χ3v) is 4.78. The first-order valence-corrected chi connectivity index (χ1v) is 7.91. The Morgan fingerprint density at radius 1 is 0.905 bits per heavy atom. The van der Waals surface area contributed by atoms with E-state index in [4.69, 9.17) is 4.74 Å². The van der Waals surface area contributed by atoms with Gasteiger partial charge in [0.05, 0.1) is 12.7 Å². The number of hydrogen-bond donors (Lipinski definition) is 0. The summed E-state index contributed by atoms with van der Waals surface area (Å²) in [6.07, 6.45) is 2.87. The molecule has 0 aliphatic carbocycles. The third kappa shape index (κ3) is 2.61. The van der Waals surface area contributed by atoms with Crippen LogP contribution in [-0.2, 0) is 4.74 Å². The van der Waals surface area contributed by atoms with Crippen LogP contribution in [0.1, 0.15) is 24.5 Å². The van der Waals surface area contributed by atoms with Crippen LogP contribution in [0.5, 0.6) is 0 Å². The number of nitrogens with zero attached hydrogens (tertiary/aromatic N) is 1. The zero-order chi connectivity index (χ0) is 14.1. The van der Waals surface area contributed by atoms with Gasteiger partial charge in [-0.2, -0.15) is 0 Å². The van der Waals surface area contributed by atoms with Gasteiger partial charge in [0.1, 0.15) is 0 Å². The normalized spacial score (nSPS) is 25.7. The summed E-state index contributed by atoms with van der Waals surface area (Å²) in [5, 5.41) is 0. The number of ether oxygens (including phenoxy) is 1. The predicted octanol–water partition coefficient (Wildman–Crippen LogP) is 3.89. The van der Waals surface area contributed by atoms with Crippen LogP contribution in [0.15, 0.2) is 54.6 Å². The summed E-state index contributed by atoms with van der Waals surface area (Å²) >= 11 is 0. The zero-order valence-electron chi connectivity index (χ0n) is 12.2. The van der Waals surface area contributed by atoms with Crippen LogP contribution in [0, 0.1) is 0 Å². The highest BCUT2D eigenvalue weighted by molar-refractivity contribution is 5.63. The van der Waals surface area contributed by atoms with E-state index in [2.05, 4.69) is 59.5 Å². The Bertz CT molecular complexity index is 593. The van der Waals surface area contributed by atoms with E-state index in [1.807, 2.05) is 0 Å². The lowest BCUT2D eigenvalue weighted by Gasteiger charge is -2.35. The Balaban J connectivity index is 1.51. The van der Waals surface area contributed by atoms with Gasteiger partial charge in [-0.3, -0.25) is 4.90 Å². The molecular formula is C19H21NO. The molecule has 0 radical (unpaired) electrons. The Hall–Kier alpha value is -1.64. The van der Waals surface area contributed by atoms with Crippen molar-refractivity contribution in [1.29, 1.82) is 0 Å². The van der Waals surface area contributed by atoms with E-state index in [0.29, 0.717) is 6.04 Å². The third-order valence-electron chi connectivity index (χ3n) is 4.78. The van der Waals surface area contributed by atoms with E-state index in [1.165, 1.54) is 36.1 Å². The molecule has 2 aliphatic rings. The molecule has 0 aromatic heterocycles. The van der Waals surface area contributed by atoms with Crippen molar-refractivity contribution in [3.8, 4) is 11.1 Å². The lowest BCUT2D eigenvalue weighted by Crippen LogP contribution is -2.42. The van der Waals surface area contributed by atoms with Crippen LogP contribution in [0.3, 0.4) is 0 Å². The van der Waals surface area contributed by atoms with Crippen molar-refractivity contribution in [2.75, 3.05) is 19.7 Å². The van der Waals surface area contributed by atoms with Crippen molar-refractivity contribution in [2.45, 2.75) is 25.0 Å². The average Bonchev–Trinajstić information content (AvgIpc) is 3.03. The van der Waals surface area contributed by atoms with E-state index in [0.717, 1.165) is 13.2 Å². The highest BCUT2D eigenvalue weighted by Crippen LogP contribution is 2.31. The summed E-state index contributed by atoms with van der Waals surface area (Å²) in [6.45, 7) is 3.19. The molecule has 0 spiro atoms. The van der Waals surface area contributed by atoms with Gasteiger partial charge in [0.15, 0.2) is 0 Å². The van der Waals surface area contributed by atoms with Crippen LogP contribution in [0.4, 0.5) is 0 Å². The van der Waals surface area contributed by atoms with Gasteiger partial charge in [-0.25, -0.2) is 0 Å². The summed E-state index contributed by atoms with van der Waals surface area (Å²) < 4.78 is 6.08. The van der Waals surface area contributed by atoms with Crippen molar-refractivity contribution in [2.24, 2.45) is 0 Å². The van der Waals surface area contributed by atoms with Gasteiger partial charge in [0, 0.05) is 12.6 Å². The average molecular weight is 279 g/mol. The van der Waals surface area contributed by atoms with Gasteiger partial charge in [-0.1, -0.05) is 54.6 Å². The van der Waals surface area contributed by atoms with Crippen LogP contribution in [-0.4, -0.2) is 30.6 Å². The van der Waals surface area contributed by atoms with Crippen molar-refractivity contribution in [3.05, 3.63) is 60.2 Å². The first kappa shape index (κ1) is 13.1. The highest BCUT2D eigenvalue weighted by Gasteiger charge is 2.32. The molecule has 2 fully saturated rings. The molecule has 2 saturated heterocycles. The minimum Gasteiger partial charge on any atom is -0.371 e. The van der Waals surface area contributed by atoms with E-state index >= 15 is 0 Å². The Morgan fingerprint density at radius 3 is 2.48 bits per heavy atom. The Kier molecular flexibility index (Phi) is 3.50. The van der Waals surface area contributed by atoms with Crippen molar-refractivity contribution in [3.63, 3.8) is 0 Å². The standard InChI is InChI=1S/C19H21NO/c1-2-5-15(6-3-1)16-8-10-17(11-9-16)19-13-20-12-4-7-18(20)14-21-19/h1-3,5-6,8-11,18-19H,4,7,12-14H2. The Morgan fingerprint density at radius 2 is 1.67 bits per heavy atom. The molecule has 0 amide bonds. The zero-order valence-corrected chi connectivity index (χ0v) is 12.2. The van der Waals surface area contributed by atoms with Gasteiger partial charge in [-0.05, 0) is 36.1 Å². The molecule has 2 heterocycles. The second kappa shape index (κ2) is 5.63. The van der Waals surface area contributed by atoms with Crippen LogP contribution in [0.2, 0.25) is 0 Å². The first-order valence-electron chi connectivity index (χ1n) is 7.91. The van der Waals surface area contributed by atoms with Crippen molar-refractivity contribution < 1.29 is 4.74 Å². The fourth-order valence-corrected chi connectivity index (χ4v) is 3.54. The minimum absolute atomic E-state index is 0.240. The molecule has 2 aromatic rings. The van der Waals surface area contributed by atoms with Gasteiger partial charge in [0.25, 0.3) is 0 Å². The lowest BCUT2D eigenvalue weighted by atomic mass is 10.0. The summed E-state index contributed by atoms with van der Waals surface area (Å²) in [7, 11) is 0. The molecule has 2 unspecified atom stereocenters. The first-order chi connectivity index (χ1) is 10.4. The van der Waals surface area contributed by atoms with Crippen molar-refractivity contribution in [1.82, 2.24) is 4.90 Å². The monoisotopic (exact) mass is 279 g/mol. The molecule has 0 bridgehead atoms. The van der Waals surface area contributed by atoms with E-state index in [-0.39, 0.29) is 6.10 Å². The molecule has 2 heteroatoms. The van der Waals surface area contributed by atoms with Gasteiger partial charge < -0.3 is 4.74 Å². The maximum absolute atomic E-state index is 6.08.